The van der Waals surface area contributed by atoms with Crippen molar-refractivity contribution in [2.75, 3.05) is 27.2 Å². The molecule has 0 heterocycles. The van der Waals surface area contributed by atoms with Crippen molar-refractivity contribution < 1.29 is 9.84 Å². The van der Waals surface area contributed by atoms with E-state index in [1.165, 1.54) is 0 Å². The van der Waals surface area contributed by atoms with Gasteiger partial charge in [-0.25, -0.2) is 0 Å². The first kappa shape index (κ1) is 12.9. The van der Waals surface area contributed by atoms with E-state index < -0.39 is 6.10 Å². The number of likely N-dealkylation sites (N-methyl/N-ethyl adjacent to an activating group) is 1. The van der Waals surface area contributed by atoms with E-state index in [2.05, 4.69) is 12.1 Å². The molecule has 0 radical (unpaired) electrons. The molecule has 0 aliphatic carbocycles. The number of ether oxygens (including phenoxy) is 1. The molecule has 18 heavy (non-hydrogen) atoms. The van der Waals surface area contributed by atoms with Gasteiger partial charge in [0, 0.05) is 11.9 Å². The number of benzene rings is 2. The fraction of sp³-hybridized carbons (Fsp3) is 0.333. The van der Waals surface area contributed by atoms with E-state index in [0.29, 0.717) is 13.2 Å². The molecule has 1 atom stereocenters. The van der Waals surface area contributed by atoms with Crippen LogP contribution < -0.4 is 4.74 Å². The lowest BCUT2D eigenvalue weighted by Gasteiger charge is -2.17. The fourth-order valence-corrected chi connectivity index (χ4v) is 1.98. The van der Waals surface area contributed by atoms with Crippen LogP contribution in [0, 0.1) is 0 Å². The lowest BCUT2D eigenvalue weighted by Crippen LogP contribution is -2.30. The molecule has 96 valence electrons. The minimum absolute atomic E-state index is 0.312. The van der Waals surface area contributed by atoms with E-state index >= 15 is 0 Å². The summed E-state index contributed by atoms with van der Waals surface area (Å²) in [5, 5.41) is 12.0. The van der Waals surface area contributed by atoms with E-state index in [0.717, 1.165) is 16.5 Å². The minimum Gasteiger partial charge on any atom is -0.490 e. The molecule has 0 aliphatic rings. The molecule has 1 N–H and O–H groups in total. The van der Waals surface area contributed by atoms with Gasteiger partial charge in [0.05, 0.1) is 0 Å². The maximum absolute atomic E-state index is 9.79. The summed E-state index contributed by atoms with van der Waals surface area (Å²) >= 11 is 0. The summed E-state index contributed by atoms with van der Waals surface area (Å²) in [6.07, 6.45) is -0.473. The summed E-state index contributed by atoms with van der Waals surface area (Å²) in [6, 6.07) is 14.0. The Hall–Kier alpha value is -1.58. The van der Waals surface area contributed by atoms with E-state index in [1.54, 1.807) is 0 Å². The third-order valence-electron chi connectivity index (χ3n) is 2.76. The molecule has 2 rings (SSSR count). The van der Waals surface area contributed by atoms with Crippen LogP contribution in [0.15, 0.2) is 42.5 Å². The van der Waals surface area contributed by atoms with Gasteiger partial charge in [-0.05, 0) is 25.5 Å². The number of aliphatic hydroxyl groups excluding tert-OH is 1. The molecule has 0 aromatic heterocycles. The Balaban J connectivity index is 2.08. The first-order chi connectivity index (χ1) is 8.66. The number of rotatable bonds is 5. The standard InChI is InChI=1S/C15H19NO2/c1-16(2)10-13(17)11-18-15-9-5-7-12-6-3-4-8-14(12)15/h3-9,13,17H,10-11H2,1-2H3/t13-/m0/s1. The summed E-state index contributed by atoms with van der Waals surface area (Å²) in [7, 11) is 3.86. The van der Waals surface area contributed by atoms with Gasteiger partial charge in [-0.1, -0.05) is 36.4 Å². The van der Waals surface area contributed by atoms with Crippen LogP contribution in [0.5, 0.6) is 5.75 Å². The maximum Gasteiger partial charge on any atom is 0.127 e. The summed E-state index contributed by atoms with van der Waals surface area (Å²) < 4.78 is 5.71. The van der Waals surface area contributed by atoms with Crippen LogP contribution in [0.2, 0.25) is 0 Å². The Labute approximate surface area is 108 Å². The van der Waals surface area contributed by atoms with Crippen LogP contribution in [0.3, 0.4) is 0 Å². The highest BCUT2D eigenvalue weighted by Gasteiger charge is 2.08. The van der Waals surface area contributed by atoms with E-state index in [9.17, 15) is 5.11 Å². The highest BCUT2D eigenvalue weighted by molar-refractivity contribution is 5.88. The van der Waals surface area contributed by atoms with Gasteiger partial charge in [0.2, 0.25) is 0 Å². The molecular formula is C15H19NO2. The molecular weight excluding hydrogens is 226 g/mol. The van der Waals surface area contributed by atoms with Crippen molar-refractivity contribution in [2.45, 2.75) is 6.10 Å². The van der Waals surface area contributed by atoms with Crippen molar-refractivity contribution in [1.82, 2.24) is 4.90 Å². The Morgan fingerprint density at radius 1 is 1.11 bits per heavy atom. The van der Waals surface area contributed by atoms with Gasteiger partial charge in [-0.15, -0.1) is 0 Å². The highest BCUT2D eigenvalue weighted by Crippen LogP contribution is 2.25. The Morgan fingerprint density at radius 2 is 1.83 bits per heavy atom. The summed E-state index contributed by atoms with van der Waals surface area (Å²) in [6.45, 7) is 0.914. The number of fused-ring (bicyclic) bond motifs is 1. The molecule has 0 saturated carbocycles. The minimum atomic E-state index is -0.473. The summed E-state index contributed by atoms with van der Waals surface area (Å²) in [5.41, 5.74) is 0. The first-order valence-electron chi connectivity index (χ1n) is 6.10. The second kappa shape index (κ2) is 5.85. The van der Waals surface area contributed by atoms with Gasteiger partial charge >= 0.3 is 0 Å². The van der Waals surface area contributed by atoms with Crippen LogP contribution in [-0.2, 0) is 0 Å². The SMILES string of the molecule is CN(C)C[C@H](O)COc1cccc2ccccc12. The molecule has 3 nitrogen and oxygen atoms in total. The van der Waals surface area contributed by atoms with Gasteiger partial charge in [-0.3, -0.25) is 0 Å². The van der Waals surface area contributed by atoms with Gasteiger partial charge in [0.25, 0.3) is 0 Å². The van der Waals surface area contributed by atoms with Crippen LogP contribution in [0.25, 0.3) is 10.8 Å². The second-order valence-electron chi connectivity index (χ2n) is 4.70. The zero-order chi connectivity index (χ0) is 13.0. The average Bonchev–Trinajstić information content (AvgIpc) is 2.35. The zero-order valence-corrected chi connectivity index (χ0v) is 10.8. The molecule has 2 aromatic carbocycles. The van der Waals surface area contributed by atoms with Crippen molar-refractivity contribution in [2.24, 2.45) is 0 Å². The molecule has 3 heteroatoms. The average molecular weight is 245 g/mol. The molecule has 0 spiro atoms. The number of hydrogen-bond donors (Lipinski definition) is 1. The third kappa shape index (κ3) is 3.22. The molecule has 0 unspecified atom stereocenters. The predicted molar refractivity (Wildman–Crippen MR) is 74.0 cm³/mol. The number of hydrogen-bond acceptors (Lipinski definition) is 3. The molecule has 0 bridgehead atoms. The Kier molecular flexibility index (Phi) is 4.18. The van der Waals surface area contributed by atoms with Crippen molar-refractivity contribution >= 4 is 10.8 Å². The van der Waals surface area contributed by atoms with E-state index in [4.69, 9.17) is 4.74 Å². The normalized spacial score (nSPS) is 12.9. The van der Waals surface area contributed by atoms with Gasteiger partial charge in [0.15, 0.2) is 0 Å². The lowest BCUT2D eigenvalue weighted by atomic mass is 10.1. The quantitative estimate of drug-likeness (QED) is 0.876. The summed E-state index contributed by atoms with van der Waals surface area (Å²) in [5.74, 6) is 0.825. The third-order valence-corrected chi connectivity index (χ3v) is 2.76. The van der Waals surface area contributed by atoms with Crippen LogP contribution in [0.1, 0.15) is 0 Å². The number of nitrogens with zero attached hydrogens (tertiary/aromatic N) is 1. The lowest BCUT2D eigenvalue weighted by molar-refractivity contribution is 0.0838. The van der Waals surface area contributed by atoms with E-state index in [-0.39, 0.29) is 0 Å². The maximum atomic E-state index is 9.79. The largest absolute Gasteiger partial charge is 0.490 e. The van der Waals surface area contributed by atoms with Crippen LogP contribution >= 0.6 is 0 Å². The first-order valence-corrected chi connectivity index (χ1v) is 6.10. The second-order valence-corrected chi connectivity index (χ2v) is 4.70. The Bertz CT molecular complexity index is 505. The zero-order valence-electron chi connectivity index (χ0n) is 10.8. The smallest absolute Gasteiger partial charge is 0.127 e. The van der Waals surface area contributed by atoms with Crippen molar-refractivity contribution in [3.63, 3.8) is 0 Å². The monoisotopic (exact) mass is 245 g/mol. The van der Waals surface area contributed by atoms with Crippen LogP contribution in [-0.4, -0.2) is 43.4 Å². The molecule has 0 amide bonds. The van der Waals surface area contributed by atoms with Crippen LogP contribution in [0.4, 0.5) is 0 Å². The Morgan fingerprint density at radius 3 is 2.61 bits per heavy atom. The van der Waals surface area contributed by atoms with Crippen molar-refractivity contribution in [3.05, 3.63) is 42.5 Å². The predicted octanol–water partition coefficient (Wildman–Crippen LogP) is 2.14. The number of aliphatic hydroxyl groups is 1. The summed E-state index contributed by atoms with van der Waals surface area (Å²) in [4.78, 5) is 1.94. The molecule has 0 saturated heterocycles. The van der Waals surface area contributed by atoms with Crippen molar-refractivity contribution in [3.8, 4) is 5.75 Å². The van der Waals surface area contributed by atoms with Gasteiger partial charge in [0.1, 0.15) is 18.5 Å². The van der Waals surface area contributed by atoms with Crippen molar-refractivity contribution in [1.29, 1.82) is 0 Å². The molecule has 0 fully saturated rings. The van der Waals surface area contributed by atoms with Gasteiger partial charge in [-0.2, -0.15) is 0 Å². The fourth-order valence-electron chi connectivity index (χ4n) is 1.98. The van der Waals surface area contributed by atoms with Gasteiger partial charge < -0.3 is 14.7 Å². The van der Waals surface area contributed by atoms with E-state index in [1.807, 2.05) is 49.3 Å². The highest BCUT2D eigenvalue weighted by atomic mass is 16.5. The molecule has 0 aliphatic heterocycles. The molecule has 2 aromatic rings. The topological polar surface area (TPSA) is 32.7 Å².